The van der Waals surface area contributed by atoms with Crippen molar-refractivity contribution < 1.29 is 9.90 Å². The molecule has 5 nitrogen and oxygen atoms in total. The second-order valence-electron chi connectivity index (χ2n) is 4.87. The van der Waals surface area contributed by atoms with Crippen LogP contribution in [0.25, 0.3) is 0 Å². The standard InChI is InChI=1S/C15H19N3O2S/c1-5-12-17-9(2)14(21-12)10(3)18(4)15(20)13-11(19)7-6-8-16-13/h6-8,10,19H,5H2,1-4H3. The molecule has 21 heavy (non-hydrogen) atoms. The maximum Gasteiger partial charge on any atom is 0.276 e. The summed E-state index contributed by atoms with van der Waals surface area (Å²) in [4.78, 5) is 23.6. The zero-order valence-corrected chi connectivity index (χ0v) is 13.4. The molecule has 0 spiro atoms. The van der Waals surface area contributed by atoms with Crippen LogP contribution in [0.15, 0.2) is 18.3 Å². The van der Waals surface area contributed by atoms with Gasteiger partial charge in [-0.1, -0.05) is 6.92 Å². The summed E-state index contributed by atoms with van der Waals surface area (Å²) >= 11 is 1.62. The zero-order chi connectivity index (χ0) is 15.6. The molecule has 1 atom stereocenters. The minimum Gasteiger partial charge on any atom is -0.505 e. The molecule has 1 unspecified atom stereocenters. The highest BCUT2D eigenvalue weighted by molar-refractivity contribution is 7.11. The molecule has 0 aliphatic rings. The summed E-state index contributed by atoms with van der Waals surface area (Å²) in [6, 6.07) is 2.94. The van der Waals surface area contributed by atoms with Crippen LogP contribution in [0.3, 0.4) is 0 Å². The van der Waals surface area contributed by atoms with Crippen LogP contribution in [0, 0.1) is 6.92 Å². The Balaban J connectivity index is 2.26. The monoisotopic (exact) mass is 305 g/mol. The van der Waals surface area contributed by atoms with Crippen molar-refractivity contribution >= 4 is 17.2 Å². The highest BCUT2D eigenvalue weighted by Crippen LogP contribution is 2.30. The molecule has 6 heteroatoms. The quantitative estimate of drug-likeness (QED) is 0.943. The summed E-state index contributed by atoms with van der Waals surface area (Å²) in [6.45, 7) is 5.98. The van der Waals surface area contributed by atoms with E-state index in [2.05, 4.69) is 16.9 Å². The molecular formula is C15H19N3O2S. The molecule has 0 saturated carbocycles. The molecule has 0 aliphatic carbocycles. The Labute approximate surface area is 128 Å². The van der Waals surface area contributed by atoms with E-state index in [0.717, 1.165) is 22.0 Å². The molecule has 0 saturated heterocycles. The van der Waals surface area contributed by atoms with Crippen molar-refractivity contribution in [2.45, 2.75) is 33.2 Å². The molecule has 112 valence electrons. The highest BCUT2D eigenvalue weighted by atomic mass is 32.1. The predicted molar refractivity (Wildman–Crippen MR) is 82.6 cm³/mol. The summed E-state index contributed by atoms with van der Waals surface area (Å²) in [5.41, 5.74) is 1.03. The largest absolute Gasteiger partial charge is 0.505 e. The lowest BCUT2D eigenvalue weighted by atomic mass is 10.2. The molecule has 0 radical (unpaired) electrons. The number of amides is 1. The van der Waals surface area contributed by atoms with E-state index in [1.807, 2.05) is 13.8 Å². The number of aromatic nitrogens is 2. The van der Waals surface area contributed by atoms with E-state index >= 15 is 0 Å². The van der Waals surface area contributed by atoms with Gasteiger partial charge < -0.3 is 10.0 Å². The molecule has 2 aromatic rings. The minimum atomic E-state index is -0.300. The fourth-order valence-electron chi connectivity index (χ4n) is 2.08. The number of carbonyl (C=O) groups is 1. The smallest absolute Gasteiger partial charge is 0.276 e. The van der Waals surface area contributed by atoms with Gasteiger partial charge >= 0.3 is 0 Å². The Bertz CT molecular complexity index is 654. The van der Waals surface area contributed by atoms with Crippen LogP contribution in [-0.4, -0.2) is 32.9 Å². The van der Waals surface area contributed by atoms with Gasteiger partial charge in [0, 0.05) is 18.1 Å². The van der Waals surface area contributed by atoms with Crippen molar-refractivity contribution in [2.75, 3.05) is 7.05 Å². The van der Waals surface area contributed by atoms with E-state index in [1.165, 1.54) is 12.3 Å². The molecule has 0 bridgehead atoms. The summed E-state index contributed by atoms with van der Waals surface area (Å²) in [7, 11) is 1.71. The number of hydrogen-bond acceptors (Lipinski definition) is 5. The molecule has 2 aromatic heterocycles. The second-order valence-corrected chi connectivity index (χ2v) is 5.99. The van der Waals surface area contributed by atoms with Gasteiger partial charge in [0.15, 0.2) is 5.69 Å². The number of pyridine rings is 1. The van der Waals surface area contributed by atoms with E-state index in [0.29, 0.717) is 0 Å². The lowest BCUT2D eigenvalue weighted by Gasteiger charge is -2.24. The first-order valence-corrected chi connectivity index (χ1v) is 7.64. The van der Waals surface area contributed by atoms with Crippen molar-refractivity contribution in [3.05, 3.63) is 39.6 Å². The molecular weight excluding hydrogens is 286 g/mol. The number of carbonyl (C=O) groups excluding carboxylic acids is 1. The van der Waals surface area contributed by atoms with E-state index in [-0.39, 0.29) is 23.4 Å². The number of rotatable bonds is 4. The maximum absolute atomic E-state index is 12.5. The van der Waals surface area contributed by atoms with E-state index in [1.54, 1.807) is 29.4 Å². The summed E-state index contributed by atoms with van der Waals surface area (Å²) < 4.78 is 0. The van der Waals surface area contributed by atoms with Crippen LogP contribution in [-0.2, 0) is 6.42 Å². The number of nitrogens with zero attached hydrogens (tertiary/aromatic N) is 3. The number of hydrogen-bond donors (Lipinski definition) is 1. The lowest BCUT2D eigenvalue weighted by molar-refractivity contribution is 0.0735. The average molecular weight is 305 g/mol. The van der Waals surface area contributed by atoms with Crippen molar-refractivity contribution in [2.24, 2.45) is 0 Å². The van der Waals surface area contributed by atoms with E-state index < -0.39 is 0 Å². The zero-order valence-electron chi connectivity index (χ0n) is 12.6. The highest BCUT2D eigenvalue weighted by Gasteiger charge is 2.25. The topological polar surface area (TPSA) is 66.3 Å². The normalized spacial score (nSPS) is 12.2. The SMILES string of the molecule is CCc1nc(C)c(C(C)N(C)C(=O)c2ncccc2O)s1. The van der Waals surface area contributed by atoms with Gasteiger partial charge in [-0.25, -0.2) is 9.97 Å². The Morgan fingerprint density at radius 3 is 2.81 bits per heavy atom. The summed E-state index contributed by atoms with van der Waals surface area (Å²) in [5.74, 6) is -0.400. The minimum absolute atomic E-state index is 0.0738. The number of aromatic hydroxyl groups is 1. The summed E-state index contributed by atoms with van der Waals surface area (Å²) in [5, 5.41) is 10.8. The van der Waals surface area contributed by atoms with E-state index in [9.17, 15) is 9.90 Å². The van der Waals surface area contributed by atoms with Gasteiger partial charge in [-0.2, -0.15) is 0 Å². The molecule has 1 N–H and O–H groups in total. The number of thiazole rings is 1. The lowest BCUT2D eigenvalue weighted by Crippen LogP contribution is -2.30. The van der Waals surface area contributed by atoms with Gasteiger partial charge in [-0.3, -0.25) is 4.79 Å². The molecule has 0 aliphatic heterocycles. The van der Waals surface area contributed by atoms with Gasteiger partial charge in [0.05, 0.1) is 16.7 Å². The first-order valence-electron chi connectivity index (χ1n) is 6.83. The van der Waals surface area contributed by atoms with Crippen molar-refractivity contribution in [3.63, 3.8) is 0 Å². The average Bonchev–Trinajstić information content (AvgIpc) is 2.86. The van der Waals surface area contributed by atoms with Crippen LogP contribution < -0.4 is 0 Å². The molecule has 0 aromatic carbocycles. The van der Waals surface area contributed by atoms with Gasteiger partial charge in [0.1, 0.15) is 5.75 Å². The fourth-order valence-corrected chi connectivity index (χ4v) is 3.19. The Morgan fingerprint density at radius 2 is 2.24 bits per heavy atom. The second kappa shape index (κ2) is 6.22. The van der Waals surface area contributed by atoms with Gasteiger partial charge in [0.2, 0.25) is 0 Å². The van der Waals surface area contributed by atoms with Crippen molar-refractivity contribution in [1.82, 2.24) is 14.9 Å². The Hall–Kier alpha value is -1.95. The van der Waals surface area contributed by atoms with Crippen LogP contribution >= 0.6 is 11.3 Å². The van der Waals surface area contributed by atoms with Crippen LogP contribution in [0.5, 0.6) is 5.75 Å². The Morgan fingerprint density at radius 1 is 1.52 bits per heavy atom. The molecule has 1 amide bonds. The maximum atomic E-state index is 12.5. The van der Waals surface area contributed by atoms with E-state index in [4.69, 9.17) is 0 Å². The van der Waals surface area contributed by atoms with Crippen molar-refractivity contribution in [1.29, 1.82) is 0 Å². The van der Waals surface area contributed by atoms with Crippen LogP contribution in [0.4, 0.5) is 0 Å². The number of aryl methyl sites for hydroxylation is 2. The molecule has 0 fully saturated rings. The predicted octanol–water partition coefficient (Wildman–Crippen LogP) is 2.95. The first-order chi connectivity index (χ1) is 9.95. The Kier molecular flexibility index (Phi) is 4.57. The van der Waals surface area contributed by atoms with Crippen LogP contribution in [0.2, 0.25) is 0 Å². The third kappa shape index (κ3) is 3.05. The van der Waals surface area contributed by atoms with Gasteiger partial charge in [-0.15, -0.1) is 11.3 Å². The molecule has 2 rings (SSSR count). The fraction of sp³-hybridized carbons (Fsp3) is 0.400. The van der Waals surface area contributed by atoms with Gasteiger partial charge in [0.25, 0.3) is 5.91 Å². The van der Waals surface area contributed by atoms with Crippen molar-refractivity contribution in [3.8, 4) is 5.75 Å². The third-order valence-electron chi connectivity index (χ3n) is 3.45. The third-order valence-corrected chi connectivity index (χ3v) is 4.92. The first kappa shape index (κ1) is 15.4. The summed E-state index contributed by atoms with van der Waals surface area (Å²) in [6.07, 6.45) is 2.38. The van der Waals surface area contributed by atoms with Gasteiger partial charge in [-0.05, 0) is 32.4 Å². The van der Waals surface area contributed by atoms with Crippen LogP contribution in [0.1, 0.15) is 46.0 Å². The molecule has 2 heterocycles.